The number of rotatable bonds is 5. The van der Waals surface area contributed by atoms with Gasteiger partial charge in [0.05, 0.1) is 19.3 Å². The molecule has 2 amide bonds. The van der Waals surface area contributed by atoms with Gasteiger partial charge in [-0.1, -0.05) is 0 Å². The molecule has 0 unspecified atom stereocenters. The second kappa shape index (κ2) is 8.68. The van der Waals surface area contributed by atoms with Crippen molar-refractivity contribution in [3.8, 4) is 5.75 Å². The Bertz CT molecular complexity index is 779. The lowest BCUT2D eigenvalue weighted by molar-refractivity contribution is 0.0303. The molecule has 1 aliphatic heterocycles. The molecule has 142 valence electrons. The van der Waals surface area contributed by atoms with Gasteiger partial charge in [0.25, 0.3) is 11.8 Å². The maximum atomic E-state index is 12.4. The molecule has 1 fully saturated rings. The van der Waals surface area contributed by atoms with Crippen LogP contribution in [-0.4, -0.2) is 49.1 Å². The summed E-state index contributed by atoms with van der Waals surface area (Å²) in [5.74, 6) is 0.503. The smallest absolute Gasteiger partial charge is 0.255 e. The topological polar surface area (TPSA) is 67.9 Å². The van der Waals surface area contributed by atoms with Crippen molar-refractivity contribution in [2.24, 2.45) is 0 Å². The van der Waals surface area contributed by atoms with E-state index in [-0.39, 0.29) is 17.9 Å². The molecular weight excluding hydrogens is 344 g/mol. The molecule has 2 aromatic rings. The molecule has 3 rings (SSSR count). The van der Waals surface area contributed by atoms with Gasteiger partial charge in [-0.25, -0.2) is 0 Å². The minimum Gasteiger partial charge on any atom is -0.491 e. The van der Waals surface area contributed by atoms with E-state index in [0.29, 0.717) is 43.1 Å². The highest BCUT2D eigenvalue weighted by atomic mass is 16.5. The molecule has 6 nitrogen and oxygen atoms in total. The average molecular weight is 368 g/mol. The van der Waals surface area contributed by atoms with Crippen LogP contribution in [0.25, 0.3) is 0 Å². The van der Waals surface area contributed by atoms with Crippen molar-refractivity contribution in [2.75, 3.05) is 31.6 Å². The number of hydrogen-bond donors (Lipinski definition) is 1. The molecule has 27 heavy (non-hydrogen) atoms. The number of nitrogens with zero attached hydrogens (tertiary/aromatic N) is 1. The highest BCUT2D eigenvalue weighted by Gasteiger charge is 2.18. The third-order valence-corrected chi connectivity index (χ3v) is 4.18. The first-order valence-electron chi connectivity index (χ1n) is 9.08. The van der Waals surface area contributed by atoms with Gasteiger partial charge in [-0.2, -0.15) is 0 Å². The average Bonchev–Trinajstić information content (AvgIpc) is 2.69. The number of amides is 2. The molecule has 0 bridgehead atoms. The number of carbonyl (C=O) groups excluding carboxylic acids is 2. The molecule has 0 aromatic heterocycles. The molecular formula is C21H24N2O4. The minimum absolute atomic E-state index is 0.0167. The van der Waals surface area contributed by atoms with Crippen molar-refractivity contribution < 1.29 is 19.1 Å². The molecule has 0 atom stereocenters. The number of hydrogen-bond acceptors (Lipinski definition) is 4. The van der Waals surface area contributed by atoms with Crippen LogP contribution in [0.2, 0.25) is 0 Å². The Morgan fingerprint density at radius 1 is 0.963 bits per heavy atom. The highest BCUT2D eigenvalue weighted by Crippen LogP contribution is 2.17. The van der Waals surface area contributed by atoms with Gasteiger partial charge in [0.1, 0.15) is 5.75 Å². The van der Waals surface area contributed by atoms with Gasteiger partial charge < -0.3 is 19.7 Å². The van der Waals surface area contributed by atoms with E-state index in [1.165, 1.54) is 0 Å². The summed E-state index contributed by atoms with van der Waals surface area (Å²) in [5, 5.41) is 2.84. The van der Waals surface area contributed by atoms with Crippen molar-refractivity contribution >= 4 is 17.5 Å². The summed E-state index contributed by atoms with van der Waals surface area (Å²) >= 11 is 0. The van der Waals surface area contributed by atoms with Gasteiger partial charge in [0.15, 0.2) is 0 Å². The fourth-order valence-electron chi connectivity index (χ4n) is 2.81. The van der Waals surface area contributed by atoms with Crippen LogP contribution >= 0.6 is 0 Å². The van der Waals surface area contributed by atoms with Crippen LogP contribution in [0.1, 0.15) is 34.6 Å². The third-order valence-electron chi connectivity index (χ3n) is 4.18. The summed E-state index contributed by atoms with van der Waals surface area (Å²) in [4.78, 5) is 26.6. The lowest BCUT2D eigenvalue weighted by atomic mass is 10.1. The molecule has 2 aromatic carbocycles. The van der Waals surface area contributed by atoms with Crippen LogP contribution in [0.15, 0.2) is 48.5 Å². The third kappa shape index (κ3) is 5.08. The first kappa shape index (κ1) is 18.9. The monoisotopic (exact) mass is 368 g/mol. The summed E-state index contributed by atoms with van der Waals surface area (Å²) in [6.45, 7) is 6.26. The molecule has 0 radical (unpaired) electrons. The first-order chi connectivity index (χ1) is 13.0. The van der Waals surface area contributed by atoms with Gasteiger partial charge >= 0.3 is 0 Å². The van der Waals surface area contributed by atoms with E-state index in [4.69, 9.17) is 9.47 Å². The lowest BCUT2D eigenvalue weighted by Gasteiger charge is -2.26. The van der Waals surface area contributed by atoms with E-state index in [1.807, 2.05) is 13.8 Å². The van der Waals surface area contributed by atoms with Gasteiger partial charge in [-0.15, -0.1) is 0 Å². The maximum Gasteiger partial charge on any atom is 0.255 e. The molecule has 1 heterocycles. The van der Waals surface area contributed by atoms with Gasteiger partial charge in [-0.05, 0) is 62.4 Å². The Hall–Kier alpha value is -2.86. The number of morpholine rings is 1. The van der Waals surface area contributed by atoms with Crippen molar-refractivity contribution in [3.05, 3.63) is 59.7 Å². The molecule has 1 saturated heterocycles. The Morgan fingerprint density at radius 3 is 2.15 bits per heavy atom. The summed E-state index contributed by atoms with van der Waals surface area (Å²) in [7, 11) is 0. The zero-order chi connectivity index (χ0) is 19.2. The van der Waals surface area contributed by atoms with Gasteiger partial charge in [0.2, 0.25) is 0 Å². The predicted octanol–water partition coefficient (Wildman–Crippen LogP) is 3.20. The minimum atomic E-state index is -0.210. The highest BCUT2D eigenvalue weighted by molar-refractivity contribution is 6.04. The van der Waals surface area contributed by atoms with Crippen LogP contribution in [0, 0.1) is 0 Å². The Balaban J connectivity index is 1.60. The van der Waals surface area contributed by atoms with Crippen molar-refractivity contribution in [3.63, 3.8) is 0 Å². The number of ether oxygens (including phenoxy) is 2. The number of anilines is 1. The van der Waals surface area contributed by atoms with E-state index in [0.717, 1.165) is 5.75 Å². The Kier molecular flexibility index (Phi) is 6.08. The lowest BCUT2D eigenvalue weighted by Crippen LogP contribution is -2.40. The molecule has 0 spiro atoms. The quantitative estimate of drug-likeness (QED) is 0.880. The van der Waals surface area contributed by atoms with Crippen LogP contribution in [0.3, 0.4) is 0 Å². The van der Waals surface area contributed by atoms with E-state index in [9.17, 15) is 9.59 Å². The van der Waals surface area contributed by atoms with E-state index >= 15 is 0 Å². The summed E-state index contributed by atoms with van der Waals surface area (Å²) in [5.41, 5.74) is 1.78. The number of nitrogens with one attached hydrogen (secondary N) is 1. The first-order valence-corrected chi connectivity index (χ1v) is 9.08. The Labute approximate surface area is 159 Å². The normalized spacial score (nSPS) is 14.1. The van der Waals surface area contributed by atoms with Crippen molar-refractivity contribution in [1.82, 2.24) is 4.90 Å². The van der Waals surface area contributed by atoms with E-state index in [1.54, 1.807) is 53.4 Å². The zero-order valence-corrected chi connectivity index (χ0v) is 15.6. The fourth-order valence-corrected chi connectivity index (χ4v) is 2.81. The van der Waals surface area contributed by atoms with Crippen LogP contribution in [0.4, 0.5) is 5.69 Å². The van der Waals surface area contributed by atoms with Gasteiger partial charge in [0, 0.05) is 29.9 Å². The largest absolute Gasteiger partial charge is 0.491 e. The second-order valence-corrected chi connectivity index (χ2v) is 6.63. The Morgan fingerprint density at radius 2 is 1.56 bits per heavy atom. The van der Waals surface area contributed by atoms with Crippen LogP contribution < -0.4 is 10.1 Å². The molecule has 6 heteroatoms. The number of benzene rings is 2. The van der Waals surface area contributed by atoms with E-state index < -0.39 is 0 Å². The van der Waals surface area contributed by atoms with Gasteiger partial charge in [-0.3, -0.25) is 9.59 Å². The molecule has 1 aliphatic rings. The predicted molar refractivity (Wildman–Crippen MR) is 103 cm³/mol. The number of carbonyl (C=O) groups is 2. The van der Waals surface area contributed by atoms with Crippen LogP contribution in [0.5, 0.6) is 5.75 Å². The maximum absolute atomic E-state index is 12.4. The van der Waals surface area contributed by atoms with Crippen LogP contribution in [-0.2, 0) is 4.74 Å². The molecule has 1 N–H and O–H groups in total. The summed E-state index contributed by atoms with van der Waals surface area (Å²) in [6, 6.07) is 13.9. The van der Waals surface area contributed by atoms with Crippen molar-refractivity contribution in [1.29, 1.82) is 0 Å². The molecule has 0 saturated carbocycles. The van der Waals surface area contributed by atoms with Crippen molar-refractivity contribution in [2.45, 2.75) is 20.0 Å². The fraction of sp³-hybridized carbons (Fsp3) is 0.333. The standard InChI is InChI=1S/C21H24N2O4/c1-15(2)27-19-9-5-16(6-10-19)20(24)22-18-7-3-17(4-8-18)21(25)23-11-13-26-14-12-23/h3-10,15H,11-14H2,1-2H3,(H,22,24). The molecule has 0 aliphatic carbocycles. The SMILES string of the molecule is CC(C)Oc1ccc(C(=O)Nc2ccc(C(=O)N3CCOCC3)cc2)cc1. The zero-order valence-electron chi connectivity index (χ0n) is 15.6. The summed E-state index contributed by atoms with van der Waals surface area (Å²) in [6.07, 6.45) is 0.0864. The van der Waals surface area contributed by atoms with E-state index in [2.05, 4.69) is 5.32 Å². The second-order valence-electron chi connectivity index (χ2n) is 6.63. The summed E-state index contributed by atoms with van der Waals surface area (Å²) < 4.78 is 10.8.